The average molecular weight is 418 g/mol. The Labute approximate surface area is 177 Å². The number of aromatic hydroxyl groups is 1. The number of hydrogen-bond donors (Lipinski definition) is 1. The van der Waals surface area contributed by atoms with Crippen molar-refractivity contribution in [2.75, 3.05) is 46.0 Å². The number of amides is 1. The van der Waals surface area contributed by atoms with Crippen molar-refractivity contribution >= 4 is 11.9 Å². The van der Waals surface area contributed by atoms with Crippen LogP contribution in [0.2, 0.25) is 0 Å². The number of likely N-dealkylation sites (tertiary alicyclic amines) is 1. The van der Waals surface area contributed by atoms with Gasteiger partial charge in [-0.05, 0) is 50.7 Å². The van der Waals surface area contributed by atoms with Gasteiger partial charge < -0.3 is 19.5 Å². The number of hydrogen-bond acceptors (Lipinski definition) is 7. The summed E-state index contributed by atoms with van der Waals surface area (Å²) in [5.74, 6) is -0.478. The zero-order valence-corrected chi connectivity index (χ0v) is 17.6. The van der Waals surface area contributed by atoms with E-state index < -0.39 is 5.41 Å². The molecule has 3 fully saturated rings. The number of carbonyl (C=O) groups excluding carboxylic acids is 2. The number of fused-ring (bicyclic) bond motifs is 1. The molecule has 1 aliphatic carbocycles. The molecule has 3 aliphatic rings. The molecule has 4 rings (SSSR count). The Morgan fingerprint density at radius 3 is 2.83 bits per heavy atom. The summed E-state index contributed by atoms with van der Waals surface area (Å²) in [5.41, 5.74) is -0.645. The van der Waals surface area contributed by atoms with E-state index in [4.69, 9.17) is 9.47 Å². The molecule has 1 aromatic rings. The van der Waals surface area contributed by atoms with Crippen molar-refractivity contribution in [3.8, 4) is 5.75 Å². The summed E-state index contributed by atoms with van der Waals surface area (Å²) >= 11 is 0. The van der Waals surface area contributed by atoms with Gasteiger partial charge in [-0.15, -0.1) is 0 Å². The highest BCUT2D eigenvalue weighted by Gasteiger charge is 2.54. The number of piperidine rings is 1. The Bertz CT molecular complexity index is 782. The third kappa shape index (κ3) is 3.90. The highest BCUT2D eigenvalue weighted by Crippen LogP contribution is 2.48. The molecule has 2 aliphatic heterocycles. The molecule has 0 radical (unpaired) electrons. The Balaban J connectivity index is 1.54. The van der Waals surface area contributed by atoms with Crippen LogP contribution in [0, 0.1) is 11.3 Å². The van der Waals surface area contributed by atoms with Crippen LogP contribution in [0.25, 0.3) is 0 Å². The largest absolute Gasteiger partial charge is 0.505 e. The maximum absolute atomic E-state index is 13.2. The van der Waals surface area contributed by atoms with Gasteiger partial charge in [0.05, 0.1) is 25.2 Å². The minimum absolute atomic E-state index is 0.0389. The fraction of sp³-hybridized carbons (Fsp3) is 0.682. The smallest absolute Gasteiger partial charge is 0.314 e. The molecule has 8 heteroatoms. The Morgan fingerprint density at radius 1 is 1.30 bits per heavy atom. The van der Waals surface area contributed by atoms with Crippen molar-refractivity contribution in [3.63, 3.8) is 0 Å². The summed E-state index contributed by atoms with van der Waals surface area (Å²) in [4.78, 5) is 34.4. The zero-order chi connectivity index (χ0) is 21.1. The fourth-order valence-electron chi connectivity index (χ4n) is 5.40. The van der Waals surface area contributed by atoms with Crippen LogP contribution >= 0.6 is 0 Å². The molecule has 1 amide bonds. The minimum Gasteiger partial charge on any atom is -0.505 e. The molecule has 1 aromatic heterocycles. The minimum atomic E-state index is -0.683. The van der Waals surface area contributed by atoms with Crippen LogP contribution in [0.15, 0.2) is 18.3 Å². The highest BCUT2D eigenvalue weighted by molar-refractivity contribution is 5.95. The van der Waals surface area contributed by atoms with Crippen LogP contribution in [-0.2, 0) is 14.3 Å². The summed E-state index contributed by atoms with van der Waals surface area (Å²) in [7, 11) is 0. The molecule has 3 atom stereocenters. The first kappa shape index (κ1) is 21.1. The lowest BCUT2D eigenvalue weighted by Gasteiger charge is -2.52. The molecule has 1 N–H and O–H groups in total. The summed E-state index contributed by atoms with van der Waals surface area (Å²) in [6, 6.07) is 3.50. The van der Waals surface area contributed by atoms with E-state index in [1.165, 1.54) is 12.3 Å². The number of aromatic nitrogens is 1. The van der Waals surface area contributed by atoms with E-state index in [0.717, 1.165) is 45.6 Å². The van der Waals surface area contributed by atoms with Crippen molar-refractivity contribution in [2.24, 2.45) is 11.3 Å². The van der Waals surface area contributed by atoms with E-state index in [0.29, 0.717) is 32.2 Å². The van der Waals surface area contributed by atoms with Gasteiger partial charge in [0.25, 0.3) is 5.91 Å². The zero-order valence-electron chi connectivity index (χ0n) is 17.6. The van der Waals surface area contributed by atoms with E-state index in [1.54, 1.807) is 11.0 Å². The van der Waals surface area contributed by atoms with Gasteiger partial charge in [0.2, 0.25) is 0 Å². The monoisotopic (exact) mass is 417 g/mol. The summed E-state index contributed by atoms with van der Waals surface area (Å²) in [6.07, 6.45) is 4.80. The Morgan fingerprint density at radius 2 is 2.10 bits per heavy atom. The topological polar surface area (TPSA) is 92.2 Å². The molecule has 1 saturated carbocycles. The number of nitrogens with zero attached hydrogens (tertiary/aromatic N) is 3. The molecule has 0 bridgehead atoms. The number of carbonyl (C=O) groups is 2. The molecule has 2 saturated heterocycles. The Kier molecular flexibility index (Phi) is 6.24. The van der Waals surface area contributed by atoms with Gasteiger partial charge in [-0.1, -0.05) is 0 Å². The highest BCUT2D eigenvalue weighted by atomic mass is 16.5. The first-order chi connectivity index (χ1) is 14.5. The number of esters is 1. The van der Waals surface area contributed by atoms with E-state index in [-0.39, 0.29) is 29.2 Å². The SMILES string of the molecule is CCOC(=O)[C@@]12CC[C@@H](N3CCOCC3)C[C@H]1CCN(C(=O)c1ncccc1O)C2. The number of morpholine rings is 1. The average Bonchev–Trinajstić information content (AvgIpc) is 2.79. The van der Waals surface area contributed by atoms with Gasteiger partial charge in [0, 0.05) is 38.4 Å². The summed E-state index contributed by atoms with van der Waals surface area (Å²) in [5, 5.41) is 10.1. The van der Waals surface area contributed by atoms with Gasteiger partial charge in [-0.3, -0.25) is 14.5 Å². The predicted octanol–water partition coefficient (Wildman–Crippen LogP) is 1.68. The van der Waals surface area contributed by atoms with Gasteiger partial charge in [-0.2, -0.15) is 0 Å². The maximum Gasteiger partial charge on any atom is 0.314 e. The summed E-state index contributed by atoms with van der Waals surface area (Å²) in [6.45, 7) is 6.42. The third-order valence-electron chi connectivity index (χ3n) is 7.00. The Hall–Kier alpha value is -2.19. The van der Waals surface area contributed by atoms with Crippen molar-refractivity contribution in [1.82, 2.24) is 14.8 Å². The molecular formula is C22H31N3O5. The first-order valence-corrected chi connectivity index (χ1v) is 11.0. The standard InChI is InChI=1S/C22H31N3O5/c1-2-30-21(28)22-7-5-17(24-10-12-29-13-11-24)14-16(22)6-9-25(15-22)20(27)19-18(26)4-3-8-23-19/h3-4,8,16-17,26H,2,5-7,9-15H2,1H3/t16-,17-,22-/m1/s1. The molecular weight excluding hydrogens is 386 g/mol. The van der Waals surface area contributed by atoms with Crippen molar-refractivity contribution in [2.45, 2.75) is 38.6 Å². The number of ether oxygens (including phenoxy) is 2. The second-order valence-corrected chi connectivity index (χ2v) is 8.54. The van der Waals surface area contributed by atoms with E-state index in [1.807, 2.05) is 6.92 Å². The first-order valence-electron chi connectivity index (χ1n) is 11.0. The molecule has 0 aromatic carbocycles. The van der Waals surface area contributed by atoms with Gasteiger partial charge in [0.1, 0.15) is 5.75 Å². The lowest BCUT2D eigenvalue weighted by Crippen LogP contribution is -2.59. The maximum atomic E-state index is 13.2. The molecule has 0 spiro atoms. The quantitative estimate of drug-likeness (QED) is 0.745. The van der Waals surface area contributed by atoms with E-state index in [2.05, 4.69) is 9.88 Å². The van der Waals surface area contributed by atoms with Crippen molar-refractivity contribution < 1.29 is 24.2 Å². The fourth-order valence-corrected chi connectivity index (χ4v) is 5.40. The van der Waals surface area contributed by atoms with E-state index in [9.17, 15) is 14.7 Å². The van der Waals surface area contributed by atoms with Gasteiger partial charge >= 0.3 is 5.97 Å². The van der Waals surface area contributed by atoms with Crippen molar-refractivity contribution in [1.29, 1.82) is 0 Å². The van der Waals surface area contributed by atoms with Gasteiger partial charge in [0.15, 0.2) is 5.69 Å². The van der Waals surface area contributed by atoms with E-state index >= 15 is 0 Å². The van der Waals surface area contributed by atoms with Gasteiger partial charge in [-0.25, -0.2) is 4.98 Å². The number of pyridine rings is 1. The lowest BCUT2D eigenvalue weighted by molar-refractivity contribution is -0.168. The van der Waals surface area contributed by atoms with Crippen LogP contribution in [0.3, 0.4) is 0 Å². The molecule has 0 unspecified atom stereocenters. The van der Waals surface area contributed by atoms with Crippen LogP contribution < -0.4 is 0 Å². The molecule has 8 nitrogen and oxygen atoms in total. The second-order valence-electron chi connectivity index (χ2n) is 8.54. The third-order valence-corrected chi connectivity index (χ3v) is 7.00. The van der Waals surface area contributed by atoms with Crippen LogP contribution in [0.4, 0.5) is 0 Å². The summed E-state index contributed by atoms with van der Waals surface area (Å²) < 4.78 is 11.0. The van der Waals surface area contributed by atoms with Crippen LogP contribution in [-0.4, -0.2) is 83.8 Å². The molecule has 164 valence electrons. The van der Waals surface area contributed by atoms with Crippen molar-refractivity contribution in [3.05, 3.63) is 24.0 Å². The van der Waals surface area contributed by atoms with Crippen LogP contribution in [0.1, 0.15) is 43.1 Å². The normalized spacial score (nSPS) is 29.8. The second kappa shape index (κ2) is 8.89. The lowest BCUT2D eigenvalue weighted by atomic mass is 9.61. The van der Waals surface area contributed by atoms with Crippen LogP contribution in [0.5, 0.6) is 5.75 Å². The molecule has 3 heterocycles. The molecule has 30 heavy (non-hydrogen) atoms. The predicted molar refractivity (Wildman–Crippen MR) is 109 cm³/mol. The number of rotatable bonds is 4.